The third-order valence-corrected chi connectivity index (χ3v) is 3.27. The summed E-state index contributed by atoms with van der Waals surface area (Å²) >= 11 is 3.33. The predicted molar refractivity (Wildman–Crippen MR) is 79.8 cm³/mol. The van der Waals surface area contributed by atoms with Crippen LogP contribution in [0.5, 0.6) is 11.5 Å². The van der Waals surface area contributed by atoms with Crippen molar-refractivity contribution < 1.29 is 14.9 Å². The summed E-state index contributed by atoms with van der Waals surface area (Å²) in [5, 5.41) is 22.5. The number of hydrogen-bond donors (Lipinski definition) is 2. The van der Waals surface area contributed by atoms with Crippen LogP contribution in [0.25, 0.3) is 0 Å². The number of benzene rings is 2. The lowest BCUT2D eigenvalue weighted by atomic mass is 10.1. The third-order valence-electron chi connectivity index (χ3n) is 2.61. The van der Waals surface area contributed by atoms with Gasteiger partial charge in [-0.15, -0.1) is 0 Å². The highest BCUT2D eigenvalue weighted by Crippen LogP contribution is 2.32. The van der Waals surface area contributed by atoms with Crippen molar-refractivity contribution in [1.82, 2.24) is 0 Å². The summed E-state index contributed by atoms with van der Waals surface area (Å²) in [5.74, 6) is 0.460. The molecule has 0 amide bonds. The standard InChI is InChI=1S/C13H10BrN3O4/c14-10-3-1-2-4-12(10)21-11-6-5-8(17(19)20)7-9(11)13(15)16-18/h1-7,18H,(H2,15,16). The Kier molecular flexibility index (Phi) is 4.39. The van der Waals surface area contributed by atoms with Crippen molar-refractivity contribution in [1.29, 1.82) is 0 Å². The third kappa shape index (κ3) is 3.29. The summed E-state index contributed by atoms with van der Waals surface area (Å²) in [7, 11) is 0. The summed E-state index contributed by atoms with van der Waals surface area (Å²) < 4.78 is 6.36. The van der Waals surface area contributed by atoms with E-state index in [2.05, 4.69) is 21.1 Å². The Labute approximate surface area is 127 Å². The van der Waals surface area contributed by atoms with Gasteiger partial charge in [0, 0.05) is 12.1 Å². The fourth-order valence-corrected chi connectivity index (χ4v) is 1.99. The highest BCUT2D eigenvalue weighted by molar-refractivity contribution is 9.10. The van der Waals surface area contributed by atoms with Crippen LogP contribution in [0.15, 0.2) is 52.1 Å². The molecule has 0 radical (unpaired) electrons. The van der Waals surface area contributed by atoms with Crippen molar-refractivity contribution in [3.8, 4) is 11.5 Å². The second-order valence-corrected chi connectivity index (χ2v) is 4.81. The van der Waals surface area contributed by atoms with Gasteiger partial charge in [-0.2, -0.15) is 0 Å². The molecular formula is C13H10BrN3O4. The molecule has 0 aliphatic rings. The Morgan fingerprint density at radius 1 is 1.29 bits per heavy atom. The maximum absolute atomic E-state index is 10.8. The molecule has 0 heterocycles. The number of amidine groups is 1. The van der Waals surface area contributed by atoms with E-state index >= 15 is 0 Å². The topological polar surface area (TPSA) is 111 Å². The van der Waals surface area contributed by atoms with E-state index in [1.165, 1.54) is 18.2 Å². The number of non-ortho nitro benzene ring substituents is 1. The number of oxime groups is 1. The molecule has 3 N–H and O–H groups in total. The Hall–Kier alpha value is -2.61. The van der Waals surface area contributed by atoms with Crippen molar-refractivity contribution in [3.05, 3.63) is 62.6 Å². The Balaban J connectivity index is 2.48. The molecule has 0 fully saturated rings. The second-order valence-electron chi connectivity index (χ2n) is 3.96. The van der Waals surface area contributed by atoms with Crippen molar-refractivity contribution in [3.63, 3.8) is 0 Å². The van der Waals surface area contributed by atoms with Gasteiger partial charge in [0.25, 0.3) is 5.69 Å². The molecular weight excluding hydrogens is 342 g/mol. The zero-order valence-corrected chi connectivity index (χ0v) is 12.1. The fourth-order valence-electron chi connectivity index (χ4n) is 1.62. The van der Waals surface area contributed by atoms with Crippen LogP contribution in [0.4, 0.5) is 5.69 Å². The first-order valence-electron chi connectivity index (χ1n) is 5.71. The van der Waals surface area contributed by atoms with E-state index in [0.29, 0.717) is 10.2 Å². The molecule has 2 rings (SSSR count). The minimum absolute atomic E-state index is 0.127. The molecule has 0 aliphatic carbocycles. The number of halogens is 1. The first kappa shape index (κ1) is 14.8. The van der Waals surface area contributed by atoms with E-state index in [4.69, 9.17) is 15.7 Å². The van der Waals surface area contributed by atoms with E-state index in [1.807, 2.05) is 6.07 Å². The van der Waals surface area contributed by atoms with E-state index in [1.54, 1.807) is 18.2 Å². The molecule has 21 heavy (non-hydrogen) atoms. The number of ether oxygens (including phenoxy) is 1. The second kappa shape index (κ2) is 6.23. The Morgan fingerprint density at radius 2 is 2.00 bits per heavy atom. The number of nitrogens with zero attached hydrogens (tertiary/aromatic N) is 2. The zero-order valence-electron chi connectivity index (χ0n) is 10.6. The molecule has 108 valence electrons. The van der Waals surface area contributed by atoms with Gasteiger partial charge in [-0.1, -0.05) is 17.3 Å². The molecule has 0 atom stereocenters. The van der Waals surface area contributed by atoms with Crippen LogP contribution >= 0.6 is 15.9 Å². The summed E-state index contributed by atoms with van der Waals surface area (Å²) in [6.07, 6.45) is 0. The van der Waals surface area contributed by atoms with Gasteiger partial charge in [0.05, 0.1) is 15.0 Å². The van der Waals surface area contributed by atoms with E-state index in [-0.39, 0.29) is 22.8 Å². The van der Waals surface area contributed by atoms with Gasteiger partial charge >= 0.3 is 0 Å². The number of para-hydroxylation sites is 1. The maximum Gasteiger partial charge on any atom is 0.270 e. The normalized spacial score (nSPS) is 11.2. The summed E-state index contributed by atoms with van der Waals surface area (Å²) in [6.45, 7) is 0. The van der Waals surface area contributed by atoms with Gasteiger partial charge in [0.1, 0.15) is 11.5 Å². The summed E-state index contributed by atoms with van der Waals surface area (Å²) in [5.41, 5.74) is 5.48. The van der Waals surface area contributed by atoms with E-state index in [0.717, 1.165) is 0 Å². The molecule has 2 aromatic carbocycles. The molecule has 0 aliphatic heterocycles. The fraction of sp³-hybridized carbons (Fsp3) is 0. The average molecular weight is 352 g/mol. The first-order chi connectivity index (χ1) is 10.0. The van der Waals surface area contributed by atoms with Gasteiger partial charge in [0.2, 0.25) is 0 Å². The molecule has 2 aromatic rings. The lowest BCUT2D eigenvalue weighted by Gasteiger charge is -2.11. The number of nitro benzene ring substituents is 1. The smallest absolute Gasteiger partial charge is 0.270 e. The van der Waals surface area contributed by atoms with Crippen LogP contribution in [0.1, 0.15) is 5.56 Å². The van der Waals surface area contributed by atoms with Crippen LogP contribution in [0, 0.1) is 10.1 Å². The number of rotatable bonds is 4. The first-order valence-corrected chi connectivity index (χ1v) is 6.51. The summed E-state index contributed by atoms with van der Waals surface area (Å²) in [6, 6.07) is 10.9. The molecule has 0 bridgehead atoms. The van der Waals surface area contributed by atoms with Gasteiger partial charge in [0.15, 0.2) is 5.84 Å². The largest absolute Gasteiger partial charge is 0.455 e. The Bertz CT molecular complexity index is 718. The predicted octanol–water partition coefficient (Wildman–Crippen LogP) is 3.24. The summed E-state index contributed by atoms with van der Waals surface area (Å²) in [4.78, 5) is 10.2. The molecule has 0 aromatic heterocycles. The van der Waals surface area contributed by atoms with E-state index in [9.17, 15) is 10.1 Å². The zero-order chi connectivity index (χ0) is 15.4. The minimum atomic E-state index is -0.573. The van der Waals surface area contributed by atoms with Crippen LogP contribution in [-0.4, -0.2) is 16.0 Å². The minimum Gasteiger partial charge on any atom is -0.455 e. The van der Waals surface area contributed by atoms with Crippen molar-refractivity contribution in [2.24, 2.45) is 10.9 Å². The number of nitro groups is 1. The van der Waals surface area contributed by atoms with Crippen LogP contribution in [-0.2, 0) is 0 Å². The highest BCUT2D eigenvalue weighted by Gasteiger charge is 2.16. The van der Waals surface area contributed by atoms with Crippen LogP contribution in [0.3, 0.4) is 0 Å². The Morgan fingerprint density at radius 3 is 2.62 bits per heavy atom. The maximum atomic E-state index is 10.8. The van der Waals surface area contributed by atoms with Gasteiger partial charge in [-0.3, -0.25) is 10.1 Å². The SMILES string of the molecule is NC(=NO)c1cc([N+](=O)[O-])ccc1Oc1ccccc1Br. The molecule has 0 saturated heterocycles. The monoisotopic (exact) mass is 351 g/mol. The lowest BCUT2D eigenvalue weighted by molar-refractivity contribution is -0.384. The highest BCUT2D eigenvalue weighted by atomic mass is 79.9. The molecule has 0 unspecified atom stereocenters. The average Bonchev–Trinajstić information content (AvgIpc) is 2.49. The van der Waals surface area contributed by atoms with Crippen LogP contribution in [0.2, 0.25) is 0 Å². The number of nitrogens with two attached hydrogens (primary N) is 1. The van der Waals surface area contributed by atoms with Crippen LogP contribution < -0.4 is 10.5 Å². The molecule has 8 heteroatoms. The van der Waals surface area contributed by atoms with Gasteiger partial charge in [-0.25, -0.2) is 0 Å². The lowest BCUT2D eigenvalue weighted by Crippen LogP contribution is -2.14. The molecule has 7 nitrogen and oxygen atoms in total. The number of hydrogen-bond acceptors (Lipinski definition) is 5. The van der Waals surface area contributed by atoms with Gasteiger partial charge in [-0.05, 0) is 34.1 Å². The van der Waals surface area contributed by atoms with E-state index < -0.39 is 4.92 Å². The molecule has 0 spiro atoms. The van der Waals surface area contributed by atoms with Gasteiger partial charge < -0.3 is 15.7 Å². The quantitative estimate of drug-likeness (QED) is 0.288. The van der Waals surface area contributed by atoms with Crippen molar-refractivity contribution in [2.75, 3.05) is 0 Å². The van der Waals surface area contributed by atoms with Crippen molar-refractivity contribution in [2.45, 2.75) is 0 Å². The molecule has 0 saturated carbocycles. The van der Waals surface area contributed by atoms with Crippen molar-refractivity contribution >= 4 is 27.5 Å².